The Morgan fingerprint density at radius 2 is 1.92 bits per heavy atom. The quantitative estimate of drug-likeness (QED) is 0.907. The van der Waals surface area contributed by atoms with Gasteiger partial charge in [0.2, 0.25) is 5.91 Å². The van der Waals surface area contributed by atoms with Crippen molar-refractivity contribution < 1.29 is 4.79 Å². The summed E-state index contributed by atoms with van der Waals surface area (Å²) >= 11 is 0. The fourth-order valence-electron chi connectivity index (χ4n) is 2.84. The molecule has 3 N–H and O–H groups in total. The zero-order chi connectivity index (χ0) is 17.3. The SMILES string of the molecule is CC(C)(C)[C@H](N)C(=O)Nc1ccc(-c2nnc3n2CCCC3)cc1. The van der Waals surface area contributed by atoms with E-state index < -0.39 is 6.04 Å². The van der Waals surface area contributed by atoms with Crippen molar-refractivity contribution >= 4 is 11.6 Å². The Hall–Kier alpha value is -2.21. The second-order valence-corrected chi connectivity index (χ2v) is 7.46. The fraction of sp³-hybridized carbons (Fsp3) is 0.500. The fourth-order valence-corrected chi connectivity index (χ4v) is 2.84. The van der Waals surface area contributed by atoms with E-state index in [4.69, 9.17) is 5.73 Å². The molecule has 2 aromatic rings. The van der Waals surface area contributed by atoms with Crippen molar-refractivity contribution in [1.82, 2.24) is 14.8 Å². The van der Waals surface area contributed by atoms with Crippen molar-refractivity contribution in [2.24, 2.45) is 11.1 Å². The number of fused-ring (bicyclic) bond motifs is 1. The predicted molar refractivity (Wildman–Crippen MR) is 94.5 cm³/mol. The molecule has 1 aliphatic heterocycles. The van der Waals surface area contributed by atoms with Crippen LogP contribution in [0, 0.1) is 5.41 Å². The van der Waals surface area contributed by atoms with Crippen LogP contribution in [0.2, 0.25) is 0 Å². The van der Waals surface area contributed by atoms with E-state index in [9.17, 15) is 4.79 Å². The van der Waals surface area contributed by atoms with Gasteiger partial charge in [0.15, 0.2) is 5.82 Å². The van der Waals surface area contributed by atoms with E-state index in [2.05, 4.69) is 20.1 Å². The lowest BCUT2D eigenvalue weighted by atomic mass is 9.87. The van der Waals surface area contributed by atoms with Crippen LogP contribution in [0.4, 0.5) is 5.69 Å². The molecule has 0 unspecified atom stereocenters. The van der Waals surface area contributed by atoms with Crippen LogP contribution in [0.1, 0.15) is 39.4 Å². The zero-order valence-corrected chi connectivity index (χ0v) is 14.5. The molecule has 2 heterocycles. The summed E-state index contributed by atoms with van der Waals surface area (Å²) < 4.78 is 2.19. The van der Waals surface area contributed by atoms with Crippen LogP contribution in [0.15, 0.2) is 24.3 Å². The topological polar surface area (TPSA) is 85.8 Å². The minimum absolute atomic E-state index is 0.171. The van der Waals surface area contributed by atoms with Crippen molar-refractivity contribution in [3.63, 3.8) is 0 Å². The first-order chi connectivity index (χ1) is 11.4. The molecule has 128 valence electrons. The molecular formula is C18H25N5O. The molecule has 0 saturated carbocycles. The van der Waals surface area contributed by atoms with E-state index in [-0.39, 0.29) is 11.3 Å². The third-order valence-electron chi connectivity index (χ3n) is 4.49. The predicted octanol–water partition coefficient (Wildman–Crippen LogP) is 2.59. The standard InChI is InChI=1S/C18H25N5O/c1-18(2,3)15(19)17(24)20-13-9-7-12(8-10-13)16-22-21-14-6-4-5-11-23(14)16/h7-10,15H,4-6,11,19H2,1-3H3,(H,20,24)/t15-/m1/s1. The van der Waals surface area contributed by atoms with Gasteiger partial charge in [-0.2, -0.15) is 0 Å². The molecule has 1 aromatic carbocycles. The maximum absolute atomic E-state index is 12.2. The van der Waals surface area contributed by atoms with E-state index in [0.717, 1.165) is 42.3 Å². The highest BCUT2D eigenvalue weighted by molar-refractivity contribution is 5.95. The van der Waals surface area contributed by atoms with Gasteiger partial charge in [-0.3, -0.25) is 4.79 Å². The number of nitrogens with zero attached hydrogens (tertiary/aromatic N) is 3. The molecular weight excluding hydrogens is 302 g/mol. The monoisotopic (exact) mass is 327 g/mol. The van der Waals surface area contributed by atoms with Gasteiger partial charge in [0, 0.05) is 24.2 Å². The summed E-state index contributed by atoms with van der Waals surface area (Å²) in [5.74, 6) is 1.79. The number of rotatable bonds is 3. The largest absolute Gasteiger partial charge is 0.325 e. The molecule has 1 amide bonds. The molecule has 0 bridgehead atoms. The minimum atomic E-state index is -0.555. The Balaban J connectivity index is 1.74. The third kappa shape index (κ3) is 3.33. The number of amides is 1. The van der Waals surface area contributed by atoms with Crippen LogP contribution in [0.5, 0.6) is 0 Å². The van der Waals surface area contributed by atoms with Gasteiger partial charge in [-0.05, 0) is 42.5 Å². The molecule has 6 heteroatoms. The molecule has 0 radical (unpaired) electrons. The summed E-state index contributed by atoms with van der Waals surface area (Å²) in [7, 11) is 0. The van der Waals surface area contributed by atoms with E-state index in [1.165, 1.54) is 6.42 Å². The van der Waals surface area contributed by atoms with E-state index in [1.807, 2.05) is 45.0 Å². The van der Waals surface area contributed by atoms with Crippen LogP contribution in [0.3, 0.4) is 0 Å². The highest BCUT2D eigenvalue weighted by Crippen LogP contribution is 2.25. The smallest absolute Gasteiger partial charge is 0.241 e. The van der Waals surface area contributed by atoms with Crippen molar-refractivity contribution in [3.8, 4) is 11.4 Å². The van der Waals surface area contributed by atoms with Gasteiger partial charge in [0.1, 0.15) is 5.82 Å². The number of aryl methyl sites for hydroxylation is 1. The summed E-state index contributed by atoms with van der Waals surface area (Å²) in [6, 6.07) is 7.13. The van der Waals surface area contributed by atoms with E-state index >= 15 is 0 Å². The molecule has 24 heavy (non-hydrogen) atoms. The van der Waals surface area contributed by atoms with Gasteiger partial charge in [0.25, 0.3) is 0 Å². The molecule has 0 aliphatic carbocycles. The molecule has 1 aromatic heterocycles. The number of anilines is 1. The van der Waals surface area contributed by atoms with Crippen LogP contribution in [-0.4, -0.2) is 26.7 Å². The number of aromatic nitrogens is 3. The van der Waals surface area contributed by atoms with Crippen LogP contribution in [-0.2, 0) is 17.8 Å². The summed E-state index contributed by atoms with van der Waals surface area (Å²) in [6.07, 6.45) is 3.33. The Morgan fingerprint density at radius 1 is 1.21 bits per heavy atom. The maximum atomic E-state index is 12.2. The Morgan fingerprint density at radius 3 is 2.58 bits per heavy atom. The molecule has 0 saturated heterocycles. The lowest BCUT2D eigenvalue weighted by Crippen LogP contribution is -2.45. The van der Waals surface area contributed by atoms with Crippen molar-refractivity contribution in [1.29, 1.82) is 0 Å². The Bertz CT molecular complexity index is 727. The number of nitrogens with one attached hydrogen (secondary N) is 1. The average Bonchev–Trinajstić information content (AvgIpc) is 2.98. The second-order valence-electron chi connectivity index (χ2n) is 7.46. The van der Waals surface area contributed by atoms with Gasteiger partial charge >= 0.3 is 0 Å². The van der Waals surface area contributed by atoms with Gasteiger partial charge in [-0.1, -0.05) is 20.8 Å². The average molecular weight is 327 g/mol. The summed E-state index contributed by atoms with van der Waals surface area (Å²) in [6.45, 7) is 6.83. The first kappa shape index (κ1) is 16.6. The molecule has 1 atom stereocenters. The Kier molecular flexibility index (Phi) is 4.41. The molecule has 6 nitrogen and oxygen atoms in total. The molecule has 1 aliphatic rings. The normalized spacial score (nSPS) is 15.7. The summed E-state index contributed by atoms with van der Waals surface area (Å²) in [5, 5.41) is 11.5. The first-order valence-electron chi connectivity index (χ1n) is 8.45. The van der Waals surface area contributed by atoms with Crippen molar-refractivity contribution in [2.75, 3.05) is 5.32 Å². The maximum Gasteiger partial charge on any atom is 0.241 e. The van der Waals surface area contributed by atoms with Crippen LogP contribution < -0.4 is 11.1 Å². The number of carbonyl (C=O) groups excluding carboxylic acids is 1. The highest BCUT2D eigenvalue weighted by atomic mass is 16.2. The van der Waals surface area contributed by atoms with Crippen molar-refractivity contribution in [3.05, 3.63) is 30.1 Å². The second kappa shape index (κ2) is 6.36. The summed E-state index contributed by atoms with van der Waals surface area (Å²) in [5.41, 5.74) is 7.46. The van der Waals surface area contributed by atoms with Crippen LogP contribution in [0.25, 0.3) is 11.4 Å². The van der Waals surface area contributed by atoms with Gasteiger partial charge in [-0.25, -0.2) is 0 Å². The summed E-state index contributed by atoms with van der Waals surface area (Å²) in [4.78, 5) is 12.2. The number of benzene rings is 1. The minimum Gasteiger partial charge on any atom is -0.325 e. The van der Waals surface area contributed by atoms with Crippen molar-refractivity contribution in [2.45, 2.75) is 52.6 Å². The number of carbonyl (C=O) groups is 1. The van der Waals surface area contributed by atoms with E-state index in [0.29, 0.717) is 0 Å². The molecule has 0 fully saturated rings. The Labute approximate surface area is 142 Å². The number of hydrogen-bond acceptors (Lipinski definition) is 4. The van der Waals surface area contributed by atoms with Gasteiger partial charge in [-0.15, -0.1) is 10.2 Å². The zero-order valence-electron chi connectivity index (χ0n) is 14.5. The van der Waals surface area contributed by atoms with Gasteiger partial charge in [0.05, 0.1) is 6.04 Å². The number of nitrogens with two attached hydrogens (primary N) is 1. The van der Waals surface area contributed by atoms with Gasteiger partial charge < -0.3 is 15.6 Å². The third-order valence-corrected chi connectivity index (χ3v) is 4.49. The first-order valence-corrected chi connectivity index (χ1v) is 8.45. The lowest BCUT2D eigenvalue weighted by Gasteiger charge is -2.25. The van der Waals surface area contributed by atoms with E-state index in [1.54, 1.807) is 0 Å². The lowest BCUT2D eigenvalue weighted by molar-refractivity contribution is -0.119. The molecule has 3 rings (SSSR count). The number of hydrogen-bond donors (Lipinski definition) is 2. The molecule has 0 spiro atoms. The van der Waals surface area contributed by atoms with Crippen LogP contribution >= 0.6 is 0 Å². The highest BCUT2D eigenvalue weighted by Gasteiger charge is 2.27.